The Balaban J connectivity index is 2.55. The Bertz CT molecular complexity index is 605. The number of esters is 1. The summed E-state index contributed by atoms with van der Waals surface area (Å²) in [4.78, 5) is 12.3. The number of ether oxygens (including phenoxy) is 1. The van der Waals surface area contributed by atoms with Gasteiger partial charge < -0.3 is 15.2 Å². The number of carbonyl (C=O) groups is 1. The summed E-state index contributed by atoms with van der Waals surface area (Å²) in [7, 11) is 0. The van der Waals surface area contributed by atoms with Crippen LogP contribution in [-0.2, 0) is 15.7 Å². The first-order valence-corrected chi connectivity index (χ1v) is 6.84. The van der Waals surface area contributed by atoms with Gasteiger partial charge in [-0.25, -0.2) is 0 Å². The highest BCUT2D eigenvalue weighted by Crippen LogP contribution is 2.48. The number of anilines is 1. The third-order valence-corrected chi connectivity index (χ3v) is 3.36. The maximum absolute atomic E-state index is 13.3. The summed E-state index contributed by atoms with van der Waals surface area (Å²) in [6, 6.07) is 1.74. The van der Waals surface area contributed by atoms with Gasteiger partial charge in [0, 0.05) is 17.3 Å². The van der Waals surface area contributed by atoms with E-state index in [0.717, 1.165) is 6.07 Å². The fourth-order valence-electron chi connectivity index (χ4n) is 2.62. The molecule has 0 aliphatic carbocycles. The van der Waals surface area contributed by atoms with Crippen LogP contribution in [0.3, 0.4) is 0 Å². The van der Waals surface area contributed by atoms with Crippen LogP contribution in [0.2, 0.25) is 0 Å². The molecule has 0 saturated carbocycles. The third kappa shape index (κ3) is 2.98. The molecule has 2 N–H and O–H groups in total. The van der Waals surface area contributed by atoms with E-state index < -0.39 is 41.0 Å². The molecule has 0 fully saturated rings. The van der Waals surface area contributed by atoms with Gasteiger partial charge >= 0.3 is 12.1 Å². The number of aromatic hydroxyl groups is 1. The van der Waals surface area contributed by atoms with Crippen LogP contribution in [0.1, 0.15) is 44.7 Å². The van der Waals surface area contributed by atoms with Crippen LogP contribution in [0.25, 0.3) is 0 Å². The third-order valence-electron chi connectivity index (χ3n) is 3.36. The van der Waals surface area contributed by atoms with Gasteiger partial charge in [-0.05, 0) is 39.8 Å². The van der Waals surface area contributed by atoms with E-state index in [1.54, 1.807) is 27.7 Å². The molecule has 2 unspecified atom stereocenters. The monoisotopic (exact) mass is 317 g/mol. The minimum absolute atomic E-state index is 0.188. The van der Waals surface area contributed by atoms with E-state index in [9.17, 15) is 23.1 Å². The van der Waals surface area contributed by atoms with Gasteiger partial charge in [0.2, 0.25) is 0 Å². The van der Waals surface area contributed by atoms with Gasteiger partial charge in [-0.2, -0.15) is 13.2 Å². The summed E-state index contributed by atoms with van der Waals surface area (Å²) in [5.74, 6) is -2.77. The first kappa shape index (κ1) is 16.5. The normalized spacial score (nSPS) is 21.2. The van der Waals surface area contributed by atoms with Crippen LogP contribution in [0.4, 0.5) is 18.9 Å². The second-order valence-electron chi connectivity index (χ2n) is 6.36. The molecule has 0 bridgehead atoms. The molecule has 0 amide bonds. The molecule has 0 aromatic heterocycles. The first-order valence-electron chi connectivity index (χ1n) is 6.84. The Morgan fingerprint density at radius 2 is 1.86 bits per heavy atom. The number of halogens is 3. The average Bonchev–Trinajstić information content (AvgIpc) is 2.60. The Morgan fingerprint density at radius 3 is 2.36 bits per heavy atom. The van der Waals surface area contributed by atoms with E-state index in [2.05, 4.69) is 5.32 Å². The lowest BCUT2D eigenvalue weighted by Crippen LogP contribution is -2.32. The fraction of sp³-hybridized carbons (Fsp3) is 0.533. The zero-order valence-corrected chi connectivity index (χ0v) is 12.7. The van der Waals surface area contributed by atoms with E-state index in [0.29, 0.717) is 0 Å². The lowest BCUT2D eigenvalue weighted by Gasteiger charge is -2.25. The topological polar surface area (TPSA) is 58.6 Å². The second-order valence-corrected chi connectivity index (χ2v) is 6.36. The van der Waals surface area contributed by atoms with Crippen LogP contribution in [0.5, 0.6) is 5.75 Å². The molecular formula is C15H18F3NO3. The highest BCUT2D eigenvalue weighted by Gasteiger charge is 2.46. The SMILES string of the molecule is CC1Nc2ccc(O)c(C(F)(F)F)c2C1C(=O)OC(C)(C)C. The number of hydrogen-bond acceptors (Lipinski definition) is 4. The molecule has 7 heteroatoms. The standard InChI is InChI=1S/C15H18F3NO3/c1-7-10(13(21)22-14(2,3)4)11-8(19-7)5-6-9(20)12(11)15(16,17)18/h5-7,10,19-20H,1-4H3. The number of carbonyl (C=O) groups excluding carboxylic acids is 1. The zero-order chi connectivity index (χ0) is 16.9. The molecule has 0 radical (unpaired) electrons. The quantitative estimate of drug-likeness (QED) is 0.613. The zero-order valence-electron chi connectivity index (χ0n) is 12.7. The number of nitrogens with one attached hydrogen (secondary N) is 1. The molecule has 0 saturated heterocycles. The highest BCUT2D eigenvalue weighted by molar-refractivity contribution is 5.86. The van der Waals surface area contributed by atoms with Crippen molar-refractivity contribution in [2.45, 2.75) is 51.4 Å². The minimum Gasteiger partial charge on any atom is -0.507 e. The van der Waals surface area contributed by atoms with E-state index in [-0.39, 0.29) is 11.3 Å². The summed E-state index contributed by atoms with van der Waals surface area (Å²) in [5.41, 5.74) is -2.06. The molecule has 1 aliphatic heterocycles. The number of fused-ring (bicyclic) bond motifs is 1. The van der Waals surface area contributed by atoms with Crippen molar-refractivity contribution in [1.82, 2.24) is 0 Å². The van der Waals surface area contributed by atoms with Crippen molar-refractivity contribution in [1.29, 1.82) is 0 Å². The number of hydrogen-bond donors (Lipinski definition) is 2. The number of phenols is 1. The van der Waals surface area contributed by atoms with Crippen LogP contribution in [-0.4, -0.2) is 22.7 Å². The van der Waals surface area contributed by atoms with Crippen molar-refractivity contribution < 1.29 is 27.8 Å². The van der Waals surface area contributed by atoms with Gasteiger partial charge in [0.1, 0.15) is 22.8 Å². The van der Waals surface area contributed by atoms with Gasteiger partial charge in [-0.15, -0.1) is 0 Å². The molecule has 1 aromatic carbocycles. The maximum atomic E-state index is 13.3. The summed E-state index contributed by atoms with van der Waals surface area (Å²) < 4.78 is 45.0. The first-order chi connectivity index (χ1) is 9.92. The van der Waals surface area contributed by atoms with E-state index in [4.69, 9.17) is 4.74 Å². The van der Waals surface area contributed by atoms with E-state index in [1.807, 2.05) is 0 Å². The summed E-state index contributed by atoms with van der Waals surface area (Å²) in [6.45, 7) is 6.54. The molecular weight excluding hydrogens is 299 g/mol. The molecule has 2 rings (SSSR count). The fourth-order valence-corrected chi connectivity index (χ4v) is 2.62. The molecule has 0 spiro atoms. The van der Waals surface area contributed by atoms with Gasteiger partial charge in [0.05, 0.1) is 0 Å². The number of alkyl halides is 3. The predicted octanol–water partition coefficient (Wildman–Crippen LogP) is 3.65. The van der Waals surface area contributed by atoms with Crippen LogP contribution in [0, 0.1) is 0 Å². The highest BCUT2D eigenvalue weighted by atomic mass is 19.4. The second kappa shape index (κ2) is 5.07. The Kier molecular flexibility index (Phi) is 3.79. The lowest BCUT2D eigenvalue weighted by atomic mass is 9.91. The van der Waals surface area contributed by atoms with Gasteiger partial charge in [-0.3, -0.25) is 4.79 Å². The Labute approximate surface area is 126 Å². The maximum Gasteiger partial charge on any atom is 0.420 e. The lowest BCUT2D eigenvalue weighted by molar-refractivity contribution is -0.157. The van der Waals surface area contributed by atoms with E-state index in [1.165, 1.54) is 6.07 Å². The molecule has 1 aromatic rings. The van der Waals surface area contributed by atoms with Crippen molar-refractivity contribution in [2.75, 3.05) is 5.32 Å². The predicted molar refractivity (Wildman–Crippen MR) is 74.8 cm³/mol. The molecule has 2 atom stereocenters. The Morgan fingerprint density at radius 1 is 1.27 bits per heavy atom. The molecule has 1 aliphatic rings. The summed E-state index contributed by atoms with van der Waals surface area (Å²) in [6.07, 6.45) is -4.76. The van der Waals surface area contributed by atoms with Crippen LogP contribution >= 0.6 is 0 Å². The van der Waals surface area contributed by atoms with Crippen LogP contribution in [0.15, 0.2) is 12.1 Å². The molecule has 1 heterocycles. The Hall–Kier alpha value is -1.92. The molecule has 122 valence electrons. The van der Waals surface area contributed by atoms with Gasteiger partial charge in [-0.1, -0.05) is 0 Å². The van der Waals surface area contributed by atoms with E-state index >= 15 is 0 Å². The molecule has 22 heavy (non-hydrogen) atoms. The largest absolute Gasteiger partial charge is 0.507 e. The van der Waals surface area contributed by atoms with Crippen molar-refractivity contribution in [2.24, 2.45) is 0 Å². The number of benzene rings is 1. The average molecular weight is 317 g/mol. The van der Waals surface area contributed by atoms with Crippen molar-refractivity contribution in [3.63, 3.8) is 0 Å². The minimum atomic E-state index is -4.76. The summed E-state index contributed by atoms with van der Waals surface area (Å²) in [5, 5.41) is 12.5. The smallest absolute Gasteiger partial charge is 0.420 e. The van der Waals surface area contributed by atoms with Gasteiger partial charge in [0.15, 0.2) is 0 Å². The number of phenolic OH excluding ortho intramolecular Hbond substituents is 1. The summed E-state index contributed by atoms with van der Waals surface area (Å²) >= 11 is 0. The van der Waals surface area contributed by atoms with Crippen LogP contribution < -0.4 is 5.32 Å². The van der Waals surface area contributed by atoms with Crippen molar-refractivity contribution in [3.05, 3.63) is 23.3 Å². The van der Waals surface area contributed by atoms with Gasteiger partial charge in [0.25, 0.3) is 0 Å². The number of rotatable bonds is 1. The van der Waals surface area contributed by atoms with Crippen molar-refractivity contribution >= 4 is 11.7 Å². The molecule has 4 nitrogen and oxygen atoms in total. The van der Waals surface area contributed by atoms with Crippen molar-refractivity contribution in [3.8, 4) is 5.75 Å².